The van der Waals surface area contributed by atoms with Gasteiger partial charge in [0.2, 0.25) is 6.79 Å². The number of carbonyl (C=O) groups is 1. The molecule has 0 aromatic heterocycles. The molecule has 0 aliphatic carbocycles. The number of rotatable bonds is 9. The standard InChI is InChI=1S/C36H46FN3O8S/c1-24-19-40(25(2)22-41)36(42)31-18-29(38-49(43,44)30-12-9-28(37)10-13-30)11-15-32(31)48-26(3)7-5-6-16-45-35(24)21-39(4)20-27-8-14-33-34(17-27)47-23-46-33/h8-15,17-18,24-26,35,38,41H,5-7,16,19-23H2,1-4H3/t24-,25-,26+,35-/m0/s1. The summed E-state index contributed by atoms with van der Waals surface area (Å²) < 4.78 is 65.9. The van der Waals surface area contributed by atoms with Crippen molar-refractivity contribution in [2.24, 2.45) is 5.92 Å². The van der Waals surface area contributed by atoms with Crippen molar-refractivity contribution in [3.63, 3.8) is 0 Å². The Morgan fingerprint density at radius 2 is 1.76 bits per heavy atom. The van der Waals surface area contributed by atoms with Crippen LogP contribution in [0, 0.1) is 11.7 Å². The first kappa shape index (κ1) is 36.4. The zero-order chi connectivity index (χ0) is 35.1. The van der Waals surface area contributed by atoms with Gasteiger partial charge in [0.25, 0.3) is 15.9 Å². The molecule has 13 heteroatoms. The van der Waals surface area contributed by atoms with Crippen LogP contribution >= 0.6 is 0 Å². The Kier molecular flexibility index (Phi) is 12.0. The fraction of sp³-hybridized carbons (Fsp3) is 0.472. The zero-order valence-corrected chi connectivity index (χ0v) is 29.2. The first-order chi connectivity index (χ1) is 23.4. The van der Waals surface area contributed by atoms with E-state index in [0.29, 0.717) is 25.4 Å². The number of carbonyl (C=O) groups excluding carboxylic acids is 1. The van der Waals surface area contributed by atoms with Crippen molar-refractivity contribution in [2.75, 3.05) is 44.9 Å². The number of nitrogens with one attached hydrogen (secondary N) is 1. The molecule has 0 radical (unpaired) electrons. The lowest BCUT2D eigenvalue weighted by atomic mass is 10.0. The van der Waals surface area contributed by atoms with Crippen molar-refractivity contribution in [1.82, 2.24) is 9.80 Å². The molecule has 0 spiro atoms. The van der Waals surface area contributed by atoms with Gasteiger partial charge in [0, 0.05) is 37.8 Å². The monoisotopic (exact) mass is 699 g/mol. The number of amides is 1. The van der Waals surface area contributed by atoms with E-state index in [1.165, 1.54) is 24.3 Å². The van der Waals surface area contributed by atoms with E-state index in [-0.39, 0.29) is 54.2 Å². The maximum Gasteiger partial charge on any atom is 0.261 e. The molecule has 0 saturated carbocycles. The van der Waals surface area contributed by atoms with Crippen LogP contribution in [0.15, 0.2) is 65.6 Å². The van der Waals surface area contributed by atoms with Crippen LogP contribution in [0.1, 0.15) is 56.0 Å². The van der Waals surface area contributed by atoms with Crippen molar-refractivity contribution in [2.45, 2.75) is 69.7 Å². The van der Waals surface area contributed by atoms with Crippen LogP contribution in [0.3, 0.4) is 0 Å². The van der Waals surface area contributed by atoms with Gasteiger partial charge < -0.3 is 29.0 Å². The van der Waals surface area contributed by atoms with Gasteiger partial charge in [-0.3, -0.25) is 14.4 Å². The van der Waals surface area contributed by atoms with E-state index in [1.807, 2.05) is 39.1 Å². The number of aliphatic hydroxyl groups is 1. The van der Waals surface area contributed by atoms with Gasteiger partial charge >= 0.3 is 0 Å². The second kappa shape index (κ2) is 16.2. The summed E-state index contributed by atoms with van der Waals surface area (Å²) >= 11 is 0. The summed E-state index contributed by atoms with van der Waals surface area (Å²) in [6.45, 7) is 7.72. The number of aliphatic hydroxyl groups excluding tert-OH is 1. The second-order valence-electron chi connectivity index (χ2n) is 13.0. The second-order valence-corrected chi connectivity index (χ2v) is 14.6. The minimum atomic E-state index is -4.08. The molecular formula is C36H46FN3O8S. The van der Waals surface area contributed by atoms with Crippen LogP contribution in [0.5, 0.6) is 17.2 Å². The van der Waals surface area contributed by atoms with Crippen molar-refractivity contribution < 1.29 is 41.7 Å². The minimum absolute atomic E-state index is 0.121. The van der Waals surface area contributed by atoms with E-state index in [2.05, 4.69) is 9.62 Å². The summed E-state index contributed by atoms with van der Waals surface area (Å²) in [5.41, 5.74) is 1.38. The van der Waals surface area contributed by atoms with Crippen molar-refractivity contribution in [1.29, 1.82) is 0 Å². The Morgan fingerprint density at radius 3 is 2.51 bits per heavy atom. The molecule has 2 N–H and O–H groups in total. The third kappa shape index (κ3) is 9.41. The number of likely N-dealkylation sites (N-methyl/N-ethyl adjacent to an activating group) is 1. The van der Waals surface area contributed by atoms with Gasteiger partial charge in [-0.2, -0.15) is 0 Å². The van der Waals surface area contributed by atoms with E-state index in [1.54, 1.807) is 17.9 Å². The third-order valence-corrected chi connectivity index (χ3v) is 10.2. The molecule has 3 aromatic carbocycles. The fourth-order valence-corrected chi connectivity index (χ4v) is 7.05. The number of nitrogens with zero attached hydrogens (tertiary/aromatic N) is 2. The van der Waals surface area contributed by atoms with Crippen molar-refractivity contribution in [3.05, 3.63) is 77.6 Å². The van der Waals surface area contributed by atoms with Crippen LogP contribution in [-0.4, -0.2) is 87.6 Å². The van der Waals surface area contributed by atoms with Crippen molar-refractivity contribution in [3.8, 4) is 17.2 Å². The molecule has 0 saturated heterocycles. The van der Waals surface area contributed by atoms with Gasteiger partial charge in [-0.15, -0.1) is 0 Å². The predicted molar refractivity (Wildman–Crippen MR) is 183 cm³/mol. The zero-order valence-electron chi connectivity index (χ0n) is 28.4. The van der Waals surface area contributed by atoms with Crippen LogP contribution in [0.25, 0.3) is 0 Å². The lowest BCUT2D eigenvalue weighted by Gasteiger charge is -2.36. The summed E-state index contributed by atoms with van der Waals surface area (Å²) in [5, 5.41) is 10.2. The highest BCUT2D eigenvalue weighted by molar-refractivity contribution is 7.92. The first-order valence-corrected chi connectivity index (χ1v) is 18.1. The summed E-state index contributed by atoms with van der Waals surface area (Å²) in [7, 11) is -2.06. The number of fused-ring (bicyclic) bond motifs is 2. The highest BCUT2D eigenvalue weighted by Crippen LogP contribution is 2.33. The van der Waals surface area contributed by atoms with E-state index in [9.17, 15) is 22.7 Å². The molecule has 49 heavy (non-hydrogen) atoms. The summed E-state index contributed by atoms with van der Waals surface area (Å²) in [6.07, 6.45) is 1.93. The molecule has 5 rings (SSSR count). The molecule has 2 aliphatic rings. The molecule has 0 unspecified atom stereocenters. The number of hydrogen-bond acceptors (Lipinski definition) is 9. The van der Waals surface area contributed by atoms with Crippen LogP contribution in [0.2, 0.25) is 0 Å². The average molecular weight is 700 g/mol. The molecule has 4 atom stereocenters. The number of anilines is 1. The van der Waals surface area contributed by atoms with Crippen LogP contribution in [-0.2, 0) is 21.3 Å². The lowest BCUT2D eigenvalue weighted by Crippen LogP contribution is -2.47. The summed E-state index contributed by atoms with van der Waals surface area (Å²) in [5.74, 6) is 0.671. The van der Waals surface area contributed by atoms with Gasteiger partial charge in [-0.05, 0) is 100 Å². The van der Waals surface area contributed by atoms with Gasteiger partial charge in [-0.25, -0.2) is 12.8 Å². The third-order valence-electron chi connectivity index (χ3n) is 8.81. The molecule has 266 valence electrons. The van der Waals surface area contributed by atoms with Gasteiger partial charge in [0.15, 0.2) is 11.5 Å². The topological polar surface area (TPSA) is 127 Å². The minimum Gasteiger partial charge on any atom is -0.490 e. The van der Waals surface area contributed by atoms with E-state index in [4.69, 9.17) is 18.9 Å². The van der Waals surface area contributed by atoms with Gasteiger partial charge in [0.1, 0.15) is 11.6 Å². The average Bonchev–Trinajstić information content (AvgIpc) is 3.54. The highest BCUT2D eigenvalue weighted by atomic mass is 32.2. The molecule has 1 amide bonds. The Bertz CT molecular complexity index is 1690. The summed E-state index contributed by atoms with van der Waals surface area (Å²) in [4.78, 5) is 18.0. The number of sulfonamides is 1. The lowest BCUT2D eigenvalue weighted by molar-refractivity contribution is -0.0177. The quantitative estimate of drug-likeness (QED) is 0.307. The molecule has 0 fully saturated rings. The Labute approximate surface area is 288 Å². The summed E-state index contributed by atoms with van der Waals surface area (Å²) in [6, 6.07) is 14.4. The molecule has 3 aromatic rings. The van der Waals surface area contributed by atoms with E-state index < -0.39 is 27.8 Å². The van der Waals surface area contributed by atoms with E-state index in [0.717, 1.165) is 48.5 Å². The van der Waals surface area contributed by atoms with Gasteiger partial charge in [0.05, 0.1) is 35.3 Å². The molecule has 2 aliphatic heterocycles. The largest absolute Gasteiger partial charge is 0.490 e. The first-order valence-electron chi connectivity index (χ1n) is 16.6. The molecule has 2 heterocycles. The maximum absolute atomic E-state index is 14.4. The molecule has 11 nitrogen and oxygen atoms in total. The Balaban J connectivity index is 1.40. The normalized spacial score (nSPS) is 21.1. The number of ether oxygens (including phenoxy) is 4. The van der Waals surface area contributed by atoms with Gasteiger partial charge in [-0.1, -0.05) is 13.0 Å². The number of hydrogen-bond donors (Lipinski definition) is 2. The van der Waals surface area contributed by atoms with E-state index >= 15 is 0 Å². The van der Waals surface area contributed by atoms with Crippen LogP contribution < -0.4 is 18.9 Å². The maximum atomic E-state index is 14.4. The van der Waals surface area contributed by atoms with Crippen LogP contribution in [0.4, 0.5) is 10.1 Å². The SMILES string of the molecule is C[C@@H]1CCCCO[C@@H](CN(C)Cc2ccc3c(c2)OCO3)[C@@H](C)CN([C@@H](C)CO)C(=O)c2cc(NS(=O)(=O)c3ccc(F)cc3)ccc2O1. The number of benzene rings is 3. The predicted octanol–water partition coefficient (Wildman–Crippen LogP) is 5.28. The fourth-order valence-electron chi connectivity index (χ4n) is 6.00. The smallest absolute Gasteiger partial charge is 0.261 e. The Morgan fingerprint density at radius 1 is 1.02 bits per heavy atom. The Hall–Kier alpha value is -3.91. The molecule has 0 bridgehead atoms. The number of halogens is 1. The highest BCUT2D eigenvalue weighted by Gasteiger charge is 2.31. The molecular weight excluding hydrogens is 653 g/mol. The van der Waals surface area contributed by atoms with Crippen molar-refractivity contribution >= 4 is 21.6 Å².